The molecule has 1 aromatic rings. The summed E-state index contributed by atoms with van der Waals surface area (Å²) in [4.78, 5) is 12.2. The van der Waals surface area contributed by atoms with Gasteiger partial charge in [-0.15, -0.1) is 0 Å². The Labute approximate surface area is 120 Å². The first-order valence-corrected chi connectivity index (χ1v) is 6.96. The number of hydrogen-bond acceptors (Lipinski definition) is 4. The molecule has 1 unspecified atom stereocenters. The summed E-state index contributed by atoms with van der Waals surface area (Å²) in [5.74, 6) is 0.837. The van der Waals surface area contributed by atoms with Crippen molar-refractivity contribution in [1.29, 1.82) is 0 Å². The van der Waals surface area contributed by atoms with Crippen LogP contribution in [0.4, 0.5) is 5.69 Å². The van der Waals surface area contributed by atoms with E-state index in [1.807, 2.05) is 39.0 Å². The molecule has 0 aromatic heterocycles. The summed E-state index contributed by atoms with van der Waals surface area (Å²) in [6, 6.07) is 5.57. The highest BCUT2D eigenvalue weighted by molar-refractivity contribution is 5.81. The fourth-order valence-electron chi connectivity index (χ4n) is 2.44. The first-order chi connectivity index (χ1) is 9.30. The van der Waals surface area contributed by atoms with E-state index < -0.39 is 5.60 Å². The molecule has 0 aliphatic carbocycles. The van der Waals surface area contributed by atoms with E-state index in [2.05, 4.69) is 12.2 Å². The van der Waals surface area contributed by atoms with Crippen molar-refractivity contribution in [1.82, 2.24) is 0 Å². The van der Waals surface area contributed by atoms with Crippen molar-refractivity contribution in [3.8, 4) is 5.75 Å². The molecule has 2 rings (SSSR count). The molecule has 1 aliphatic heterocycles. The lowest BCUT2D eigenvalue weighted by atomic mass is 9.88. The molecule has 0 spiro atoms. The lowest BCUT2D eigenvalue weighted by molar-refractivity contribution is -0.157. The summed E-state index contributed by atoms with van der Waals surface area (Å²) in [6.07, 6.45) is 0.837. The van der Waals surface area contributed by atoms with Gasteiger partial charge in [-0.1, -0.05) is 6.92 Å². The summed E-state index contributed by atoms with van der Waals surface area (Å²) >= 11 is 0. The molecule has 1 aliphatic rings. The molecule has 0 saturated carbocycles. The van der Waals surface area contributed by atoms with E-state index in [0.717, 1.165) is 17.9 Å². The number of anilines is 1. The number of carbonyl (C=O) groups excluding carboxylic acids is 1. The quantitative estimate of drug-likeness (QED) is 0.844. The van der Waals surface area contributed by atoms with Gasteiger partial charge in [0.25, 0.3) is 0 Å². The summed E-state index contributed by atoms with van der Waals surface area (Å²) in [7, 11) is 1.66. The SMILES string of the molecule is COc1ccc2c(c1)C[C@@H](C)C(C(=O)OC(C)(C)C)N2. The van der Waals surface area contributed by atoms with E-state index in [9.17, 15) is 4.79 Å². The van der Waals surface area contributed by atoms with Gasteiger partial charge in [-0.25, -0.2) is 4.79 Å². The summed E-state index contributed by atoms with van der Waals surface area (Å²) < 4.78 is 10.7. The fourth-order valence-corrected chi connectivity index (χ4v) is 2.44. The van der Waals surface area contributed by atoms with Gasteiger partial charge in [0, 0.05) is 5.69 Å². The van der Waals surface area contributed by atoms with Gasteiger partial charge >= 0.3 is 5.97 Å². The van der Waals surface area contributed by atoms with Gasteiger partial charge in [-0.3, -0.25) is 0 Å². The van der Waals surface area contributed by atoms with Crippen molar-refractivity contribution >= 4 is 11.7 Å². The molecule has 0 amide bonds. The maximum atomic E-state index is 12.2. The van der Waals surface area contributed by atoms with E-state index in [0.29, 0.717) is 0 Å². The second-order valence-corrected chi connectivity index (χ2v) is 6.36. The fraction of sp³-hybridized carbons (Fsp3) is 0.562. The zero-order chi connectivity index (χ0) is 14.9. The third kappa shape index (κ3) is 3.24. The molecular weight excluding hydrogens is 254 g/mol. The van der Waals surface area contributed by atoms with Crippen LogP contribution in [0.15, 0.2) is 18.2 Å². The van der Waals surface area contributed by atoms with E-state index >= 15 is 0 Å². The first kappa shape index (κ1) is 14.7. The van der Waals surface area contributed by atoms with Crippen LogP contribution in [0.3, 0.4) is 0 Å². The summed E-state index contributed by atoms with van der Waals surface area (Å²) in [5.41, 5.74) is 1.70. The minimum absolute atomic E-state index is 0.185. The third-order valence-corrected chi connectivity index (χ3v) is 3.40. The Balaban J connectivity index is 2.17. The highest BCUT2D eigenvalue weighted by atomic mass is 16.6. The number of hydrogen-bond donors (Lipinski definition) is 1. The molecule has 110 valence electrons. The second kappa shape index (κ2) is 5.35. The Kier molecular flexibility index (Phi) is 3.93. The first-order valence-electron chi connectivity index (χ1n) is 6.96. The molecule has 0 fully saturated rings. The molecular formula is C16H23NO3. The largest absolute Gasteiger partial charge is 0.497 e. The van der Waals surface area contributed by atoms with Crippen molar-refractivity contribution in [2.45, 2.75) is 45.8 Å². The molecule has 4 heteroatoms. The minimum Gasteiger partial charge on any atom is -0.497 e. The Morgan fingerprint density at radius 3 is 2.65 bits per heavy atom. The van der Waals surface area contributed by atoms with Crippen LogP contribution in [-0.4, -0.2) is 24.7 Å². The van der Waals surface area contributed by atoms with Gasteiger partial charge in [0.1, 0.15) is 17.4 Å². The number of fused-ring (bicyclic) bond motifs is 1. The second-order valence-electron chi connectivity index (χ2n) is 6.36. The van der Waals surface area contributed by atoms with Crippen molar-refractivity contribution in [3.05, 3.63) is 23.8 Å². The minimum atomic E-state index is -0.460. The van der Waals surface area contributed by atoms with Crippen LogP contribution in [0.5, 0.6) is 5.75 Å². The van der Waals surface area contributed by atoms with Crippen LogP contribution in [0.1, 0.15) is 33.3 Å². The topological polar surface area (TPSA) is 47.6 Å². The highest BCUT2D eigenvalue weighted by Crippen LogP contribution is 2.32. The third-order valence-electron chi connectivity index (χ3n) is 3.40. The average molecular weight is 277 g/mol. The maximum absolute atomic E-state index is 12.2. The van der Waals surface area contributed by atoms with Crippen molar-refractivity contribution in [3.63, 3.8) is 0 Å². The molecule has 1 N–H and O–H groups in total. The Bertz CT molecular complexity index is 505. The lowest BCUT2D eigenvalue weighted by Gasteiger charge is -2.33. The highest BCUT2D eigenvalue weighted by Gasteiger charge is 2.33. The summed E-state index contributed by atoms with van der Waals surface area (Å²) in [6.45, 7) is 7.72. The van der Waals surface area contributed by atoms with Gasteiger partial charge in [0.2, 0.25) is 0 Å². The predicted molar refractivity (Wildman–Crippen MR) is 79.1 cm³/mol. The van der Waals surface area contributed by atoms with E-state index in [1.54, 1.807) is 7.11 Å². The van der Waals surface area contributed by atoms with Crippen molar-refractivity contribution < 1.29 is 14.3 Å². The van der Waals surface area contributed by atoms with Gasteiger partial charge in [-0.2, -0.15) is 0 Å². The zero-order valence-electron chi connectivity index (χ0n) is 12.8. The van der Waals surface area contributed by atoms with E-state index in [4.69, 9.17) is 9.47 Å². The lowest BCUT2D eigenvalue weighted by Crippen LogP contribution is -2.43. The van der Waals surface area contributed by atoms with Gasteiger partial charge < -0.3 is 14.8 Å². The van der Waals surface area contributed by atoms with Gasteiger partial charge in [-0.05, 0) is 56.9 Å². The molecule has 20 heavy (non-hydrogen) atoms. The Morgan fingerprint density at radius 2 is 2.05 bits per heavy atom. The average Bonchev–Trinajstić information content (AvgIpc) is 2.35. The standard InChI is InChI=1S/C16H23NO3/c1-10-8-11-9-12(19-5)6-7-13(11)17-14(10)15(18)20-16(2,3)4/h6-7,9-10,14,17H,8H2,1-5H3/t10-,14?/m1/s1. The number of ether oxygens (including phenoxy) is 2. The molecule has 0 radical (unpaired) electrons. The molecule has 4 nitrogen and oxygen atoms in total. The monoisotopic (exact) mass is 277 g/mol. The molecule has 1 aromatic carbocycles. The number of rotatable bonds is 2. The van der Waals surface area contributed by atoms with Gasteiger partial charge in [0.05, 0.1) is 7.11 Å². The van der Waals surface area contributed by atoms with Crippen LogP contribution in [-0.2, 0) is 16.0 Å². The molecule has 2 atom stereocenters. The normalized spacial score (nSPS) is 21.6. The predicted octanol–water partition coefficient (Wildman–Crippen LogP) is 3.01. The smallest absolute Gasteiger partial charge is 0.329 e. The number of nitrogens with one attached hydrogen (secondary N) is 1. The van der Waals surface area contributed by atoms with E-state index in [1.165, 1.54) is 5.56 Å². The Hall–Kier alpha value is -1.71. The molecule has 0 saturated heterocycles. The van der Waals surface area contributed by atoms with E-state index in [-0.39, 0.29) is 17.9 Å². The number of carbonyl (C=O) groups is 1. The van der Waals surface area contributed by atoms with Gasteiger partial charge in [0.15, 0.2) is 0 Å². The van der Waals surface area contributed by atoms with Crippen LogP contribution >= 0.6 is 0 Å². The molecule has 1 heterocycles. The molecule has 0 bridgehead atoms. The number of esters is 1. The zero-order valence-corrected chi connectivity index (χ0v) is 12.8. The van der Waals surface area contributed by atoms with Crippen LogP contribution < -0.4 is 10.1 Å². The van der Waals surface area contributed by atoms with Crippen LogP contribution in [0, 0.1) is 5.92 Å². The van der Waals surface area contributed by atoms with Crippen molar-refractivity contribution in [2.24, 2.45) is 5.92 Å². The van der Waals surface area contributed by atoms with Crippen LogP contribution in [0.2, 0.25) is 0 Å². The number of methoxy groups -OCH3 is 1. The Morgan fingerprint density at radius 1 is 1.35 bits per heavy atom. The number of benzene rings is 1. The van der Waals surface area contributed by atoms with Crippen LogP contribution in [0.25, 0.3) is 0 Å². The summed E-state index contributed by atoms with van der Waals surface area (Å²) in [5, 5.41) is 3.29. The van der Waals surface area contributed by atoms with Crippen molar-refractivity contribution in [2.75, 3.05) is 12.4 Å². The maximum Gasteiger partial charge on any atom is 0.329 e.